The summed E-state index contributed by atoms with van der Waals surface area (Å²) < 4.78 is 34.5. The molecule has 0 heterocycles. The van der Waals surface area contributed by atoms with Crippen LogP contribution in [0.15, 0.2) is 29.2 Å². The average molecular weight is 223 g/mol. The lowest BCUT2D eigenvalue weighted by atomic mass is 10.1. The molecule has 0 amide bonds. The van der Waals surface area contributed by atoms with Gasteiger partial charge in [-0.15, -0.1) is 0 Å². The second kappa shape index (κ2) is 3.64. The third kappa shape index (κ3) is 2.67. The fourth-order valence-corrected chi connectivity index (χ4v) is 1.72. The van der Waals surface area contributed by atoms with Crippen molar-refractivity contribution in [1.82, 2.24) is 0 Å². The van der Waals surface area contributed by atoms with E-state index in [-0.39, 0.29) is 4.90 Å². The van der Waals surface area contributed by atoms with Gasteiger partial charge in [-0.2, -0.15) is 0 Å². The molecule has 0 aliphatic rings. The molecule has 0 bridgehead atoms. The van der Waals surface area contributed by atoms with E-state index in [0.717, 1.165) is 0 Å². The first kappa shape index (κ1) is 10.5. The highest BCUT2D eigenvalue weighted by Crippen LogP contribution is 2.21. The Bertz CT molecular complexity index is 400. The summed E-state index contributed by atoms with van der Waals surface area (Å²) in [4.78, 5) is -0.0730. The standard InChI is InChI=1S/C8H8ClFO2S/c1-6(10)7-3-2-4-8(5-7)13(9,11)12/h2-6H,1H3/t6-/m0/s1. The maximum Gasteiger partial charge on any atom is 0.261 e. The molecule has 0 saturated carbocycles. The van der Waals surface area contributed by atoms with E-state index in [1.807, 2.05) is 0 Å². The Kier molecular flexibility index (Phi) is 2.93. The molecule has 0 aromatic heterocycles. The van der Waals surface area contributed by atoms with Gasteiger partial charge in [0, 0.05) is 10.7 Å². The Hall–Kier alpha value is -0.610. The van der Waals surface area contributed by atoms with Crippen molar-refractivity contribution in [2.45, 2.75) is 18.0 Å². The summed E-state index contributed by atoms with van der Waals surface area (Å²) in [5.74, 6) is 0. The zero-order valence-electron chi connectivity index (χ0n) is 6.87. The van der Waals surface area contributed by atoms with Crippen LogP contribution < -0.4 is 0 Å². The van der Waals surface area contributed by atoms with Crippen LogP contribution >= 0.6 is 10.7 Å². The molecule has 5 heteroatoms. The molecular weight excluding hydrogens is 215 g/mol. The van der Waals surface area contributed by atoms with E-state index in [0.29, 0.717) is 5.56 Å². The first-order valence-electron chi connectivity index (χ1n) is 3.60. The van der Waals surface area contributed by atoms with Crippen LogP contribution in [0.3, 0.4) is 0 Å². The molecule has 1 aromatic rings. The number of alkyl halides is 1. The number of rotatable bonds is 2. The molecular formula is C8H8ClFO2S. The van der Waals surface area contributed by atoms with E-state index in [9.17, 15) is 12.8 Å². The van der Waals surface area contributed by atoms with Crippen molar-refractivity contribution in [3.05, 3.63) is 29.8 Å². The Morgan fingerprint density at radius 3 is 2.54 bits per heavy atom. The van der Waals surface area contributed by atoms with Crippen molar-refractivity contribution in [3.63, 3.8) is 0 Å². The highest BCUT2D eigenvalue weighted by molar-refractivity contribution is 8.13. The molecule has 0 radical (unpaired) electrons. The molecule has 2 nitrogen and oxygen atoms in total. The zero-order chi connectivity index (χ0) is 10.1. The Morgan fingerprint density at radius 1 is 1.46 bits per heavy atom. The fraction of sp³-hybridized carbons (Fsp3) is 0.250. The summed E-state index contributed by atoms with van der Waals surface area (Å²) in [5, 5.41) is 0. The first-order valence-corrected chi connectivity index (χ1v) is 5.91. The van der Waals surface area contributed by atoms with E-state index >= 15 is 0 Å². The number of halogens is 2. The third-order valence-electron chi connectivity index (χ3n) is 1.60. The van der Waals surface area contributed by atoms with Crippen molar-refractivity contribution in [3.8, 4) is 0 Å². The highest BCUT2D eigenvalue weighted by atomic mass is 35.7. The lowest BCUT2D eigenvalue weighted by Gasteiger charge is -2.02. The maximum absolute atomic E-state index is 12.8. The van der Waals surface area contributed by atoms with Crippen molar-refractivity contribution in [2.24, 2.45) is 0 Å². The summed E-state index contributed by atoms with van der Waals surface area (Å²) >= 11 is 0. The summed E-state index contributed by atoms with van der Waals surface area (Å²) in [6.45, 7) is 1.33. The lowest BCUT2D eigenvalue weighted by molar-refractivity contribution is 0.373. The largest absolute Gasteiger partial charge is 0.261 e. The normalized spacial score (nSPS) is 14.1. The van der Waals surface area contributed by atoms with Crippen LogP contribution in [0.2, 0.25) is 0 Å². The molecule has 1 aromatic carbocycles. The minimum absolute atomic E-state index is 0.0730. The molecule has 0 N–H and O–H groups in total. The van der Waals surface area contributed by atoms with Crippen molar-refractivity contribution in [2.75, 3.05) is 0 Å². The van der Waals surface area contributed by atoms with Gasteiger partial charge in [-0.05, 0) is 24.6 Å². The quantitative estimate of drug-likeness (QED) is 0.721. The molecule has 13 heavy (non-hydrogen) atoms. The molecule has 1 rings (SSSR count). The molecule has 0 unspecified atom stereocenters. The van der Waals surface area contributed by atoms with Gasteiger partial charge < -0.3 is 0 Å². The van der Waals surface area contributed by atoms with Gasteiger partial charge in [-0.1, -0.05) is 12.1 Å². The van der Waals surface area contributed by atoms with Gasteiger partial charge in [0.25, 0.3) is 9.05 Å². The fourth-order valence-electron chi connectivity index (χ4n) is 0.914. The number of benzene rings is 1. The van der Waals surface area contributed by atoms with E-state index in [1.165, 1.54) is 31.2 Å². The lowest BCUT2D eigenvalue weighted by Crippen LogP contribution is -1.93. The average Bonchev–Trinajstić information content (AvgIpc) is 2.03. The van der Waals surface area contributed by atoms with Crippen LogP contribution in [0.5, 0.6) is 0 Å². The molecule has 72 valence electrons. The second-order valence-electron chi connectivity index (χ2n) is 2.63. The van der Waals surface area contributed by atoms with Crippen LogP contribution in [-0.4, -0.2) is 8.42 Å². The third-order valence-corrected chi connectivity index (χ3v) is 2.95. The molecule has 0 saturated heterocycles. The Balaban J connectivity index is 3.21. The molecule has 0 spiro atoms. The van der Waals surface area contributed by atoms with E-state index in [2.05, 4.69) is 0 Å². The van der Waals surface area contributed by atoms with E-state index in [1.54, 1.807) is 0 Å². The smallest absolute Gasteiger partial charge is 0.243 e. The van der Waals surface area contributed by atoms with E-state index < -0.39 is 15.2 Å². The van der Waals surface area contributed by atoms with Gasteiger partial charge in [-0.3, -0.25) is 0 Å². The van der Waals surface area contributed by atoms with Crippen molar-refractivity contribution in [1.29, 1.82) is 0 Å². The number of hydrogen-bond donors (Lipinski definition) is 0. The molecule has 0 aliphatic carbocycles. The number of hydrogen-bond acceptors (Lipinski definition) is 2. The van der Waals surface area contributed by atoms with Crippen LogP contribution in [0.1, 0.15) is 18.7 Å². The van der Waals surface area contributed by atoms with Crippen LogP contribution in [0, 0.1) is 0 Å². The summed E-state index contributed by atoms with van der Waals surface area (Å²) in [6.07, 6.45) is -1.20. The van der Waals surface area contributed by atoms with Gasteiger partial charge in [0.15, 0.2) is 0 Å². The molecule has 1 atom stereocenters. The highest BCUT2D eigenvalue weighted by Gasteiger charge is 2.11. The monoisotopic (exact) mass is 222 g/mol. The van der Waals surface area contributed by atoms with Crippen LogP contribution in [-0.2, 0) is 9.05 Å². The van der Waals surface area contributed by atoms with Gasteiger partial charge >= 0.3 is 0 Å². The van der Waals surface area contributed by atoms with Gasteiger partial charge in [0.2, 0.25) is 0 Å². The van der Waals surface area contributed by atoms with Gasteiger partial charge in [0.1, 0.15) is 6.17 Å². The Labute approximate surface area is 80.8 Å². The predicted octanol–water partition coefficient (Wildman–Crippen LogP) is 2.64. The maximum atomic E-state index is 12.8. The van der Waals surface area contributed by atoms with Crippen molar-refractivity contribution >= 4 is 19.7 Å². The SMILES string of the molecule is C[C@H](F)c1cccc(S(=O)(=O)Cl)c1. The predicted molar refractivity (Wildman–Crippen MR) is 49.0 cm³/mol. The van der Waals surface area contributed by atoms with Crippen LogP contribution in [0.25, 0.3) is 0 Å². The minimum atomic E-state index is -3.75. The minimum Gasteiger partial charge on any atom is -0.243 e. The molecule has 0 fully saturated rings. The second-order valence-corrected chi connectivity index (χ2v) is 5.19. The van der Waals surface area contributed by atoms with Crippen molar-refractivity contribution < 1.29 is 12.8 Å². The van der Waals surface area contributed by atoms with Crippen LogP contribution in [0.4, 0.5) is 4.39 Å². The summed E-state index contributed by atoms with van der Waals surface area (Å²) in [5.41, 5.74) is 0.307. The van der Waals surface area contributed by atoms with Gasteiger partial charge in [-0.25, -0.2) is 12.8 Å². The molecule has 0 aliphatic heterocycles. The topological polar surface area (TPSA) is 34.1 Å². The van der Waals surface area contributed by atoms with Gasteiger partial charge in [0.05, 0.1) is 4.90 Å². The zero-order valence-corrected chi connectivity index (χ0v) is 8.44. The first-order chi connectivity index (χ1) is 5.91. The Morgan fingerprint density at radius 2 is 2.08 bits per heavy atom. The summed E-state index contributed by atoms with van der Waals surface area (Å²) in [7, 11) is 1.33. The van der Waals surface area contributed by atoms with E-state index in [4.69, 9.17) is 10.7 Å². The summed E-state index contributed by atoms with van der Waals surface area (Å²) in [6, 6.07) is 5.53.